The average molecular weight is 360 g/mol. The molecule has 4 aromatic rings. The fourth-order valence-electron chi connectivity index (χ4n) is 3.17. The molecule has 0 amide bonds. The number of nitrogens with zero attached hydrogens (tertiary/aromatic N) is 3. The Hall–Kier alpha value is -3.54. The first-order chi connectivity index (χ1) is 13.2. The van der Waals surface area contributed by atoms with Gasteiger partial charge in [0.05, 0.1) is 25.0 Å². The van der Waals surface area contributed by atoms with Gasteiger partial charge in [0.2, 0.25) is 0 Å². The molecule has 1 unspecified atom stereocenters. The van der Waals surface area contributed by atoms with Crippen molar-refractivity contribution in [2.24, 2.45) is 0 Å². The van der Waals surface area contributed by atoms with E-state index in [0.29, 0.717) is 0 Å². The fraction of sp³-hybridized carbons (Fsp3) is 0.143. The van der Waals surface area contributed by atoms with E-state index in [2.05, 4.69) is 10.2 Å². The van der Waals surface area contributed by atoms with Gasteiger partial charge in [0.15, 0.2) is 0 Å². The van der Waals surface area contributed by atoms with Crippen molar-refractivity contribution < 1.29 is 4.74 Å². The van der Waals surface area contributed by atoms with E-state index >= 15 is 0 Å². The van der Waals surface area contributed by atoms with Crippen LogP contribution in [0.2, 0.25) is 0 Å². The molecule has 0 spiro atoms. The number of imidazole rings is 1. The Kier molecular flexibility index (Phi) is 4.38. The van der Waals surface area contributed by atoms with Crippen molar-refractivity contribution in [3.05, 3.63) is 89.4 Å². The molecular formula is C21H20N4O2. The number of hydrogen-bond donors (Lipinski definition) is 1. The third-order valence-electron chi connectivity index (χ3n) is 4.77. The van der Waals surface area contributed by atoms with Gasteiger partial charge >= 0.3 is 5.69 Å². The van der Waals surface area contributed by atoms with Crippen molar-refractivity contribution in [1.82, 2.24) is 19.3 Å². The largest absolute Gasteiger partial charge is 0.497 e. The number of aromatic nitrogens is 4. The first-order valence-corrected chi connectivity index (χ1v) is 8.70. The van der Waals surface area contributed by atoms with Crippen molar-refractivity contribution in [1.29, 1.82) is 0 Å². The molecule has 2 aromatic carbocycles. The van der Waals surface area contributed by atoms with Gasteiger partial charge < -0.3 is 4.74 Å². The number of benzene rings is 2. The number of hydrogen-bond acceptors (Lipinski definition) is 3. The molecule has 0 aliphatic heterocycles. The van der Waals surface area contributed by atoms with Crippen LogP contribution in [0.4, 0.5) is 0 Å². The molecule has 0 aliphatic carbocycles. The molecule has 0 saturated heterocycles. The smallest absolute Gasteiger partial charge is 0.333 e. The molecule has 1 atom stereocenters. The van der Waals surface area contributed by atoms with Gasteiger partial charge in [-0.15, -0.1) is 0 Å². The maximum atomic E-state index is 12.9. The van der Waals surface area contributed by atoms with Crippen molar-refractivity contribution in [2.75, 3.05) is 7.11 Å². The quantitative estimate of drug-likeness (QED) is 0.591. The van der Waals surface area contributed by atoms with Crippen LogP contribution in [0.15, 0.2) is 78.1 Å². The summed E-state index contributed by atoms with van der Waals surface area (Å²) in [6.07, 6.45) is 7.23. The monoisotopic (exact) mass is 360 g/mol. The van der Waals surface area contributed by atoms with Crippen LogP contribution in [0.5, 0.6) is 5.75 Å². The summed E-state index contributed by atoms with van der Waals surface area (Å²) in [7, 11) is 1.64. The lowest BCUT2D eigenvalue weighted by Gasteiger charge is -2.14. The lowest BCUT2D eigenvalue weighted by Crippen LogP contribution is -2.25. The van der Waals surface area contributed by atoms with Crippen molar-refractivity contribution >= 4 is 0 Å². The van der Waals surface area contributed by atoms with Crippen molar-refractivity contribution in [2.45, 2.75) is 13.0 Å². The number of methoxy groups -OCH3 is 1. The zero-order chi connectivity index (χ0) is 18.8. The zero-order valence-electron chi connectivity index (χ0n) is 15.2. The third kappa shape index (κ3) is 3.17. The molecule has 0 fully saturated rings. The Morgan fingerprint density at radius 1 is 1.07 bits per heavy atom. The van der Waals surface area contributed by atoms with Gasteiger partial charge in [-0.2, -0.15) is 5.10 Å². The maximum Gasteiger partial charge on any atom is 0.333 e. The predicted octanol–water partition coefficient (Wildman–Crippen LogP) is 3.65. The van der Waals surface area contributed by atoms with Crippen LogP contribution < -0.4 is 10.4 Å². The highest BCUT2D eigenvalue weighted by Crippen LogP contribution is 2.22. The van der Waals surface area contributed by atoms with Crippen LogP contribution in [0.1, 0.15) is 18.5 Å². The van der Waals surface area contributed by atoms with E-state index in [9.17, 15) is 4.79 Å². The standard InChI is InChI=1S/C21H20N4O2/c1-15(17-4-3-5-20(12-17)27-2)24-10-11-25(21(24)26)19-8-6-16(7-9-19)18-13-22-23-14-18/h3-15H,1-2H3,(H,22,23). The molecule has 6 nitrogen and oxygen atoms in total. The van der Waals surface area contributed by atoms with Crippen LogP contribution in [-0.2, 0) is 0 Å². The summed E-state index contributed by atoms with van der Waals surface area (Å²) in [5, 5.41) is 6.77. The fourth-order valence-corrected chi connectivity index (χ4v) is 3.17. The van der Waals surface area contributed by atoms with Crippen LogP contribution in [0.25, 0.3) is 16.8 Å². The second kappa shape index (κ2) is 6.99. The van der Waals surface area contributed by atoms with Crippen LogP contribution in [-0.4, -0.2) is 26.4 Å². The third-order valence-corrected chi connectivity index (χ3v) is 4.77. The van der Waals surface area contributed by atoms with E-state index in [1.165, 1.54) is 0 Å². The van der Waals surface area contributed by atoms with Crippen LogP contribution in [0.3, 0.4) is 0 Å². The Bertz CT molecular complexity index is 1090. The highest BCUT2D eigenvalue weighted by atomic mass is 16.5. The molecule has 2 aromatic heterocycles. The molecule has 6 heteroatoms. The molecule has 0 aliphatic rings. The molecule has 2 heterocycles. The SMILES string of the molecule is COc1cccc(C(C)n2ccn(-c3ccc(-c4cn[nH]c4)cc3)c2=O)c1. The number of H-pyrrole nitrogens is 1. The van der Waals surface area contributed by atoms with Gasteiger partial charge in [0.25, 0.3) is 0 Å². The normalized spacial score (nSPS) is 12.1. The van der Waals surface area contributed by atoms with E-state index in [1.807, 2.05) is 67.8 Å². The Balaban J connectivity index is 1.65. The summed E-state index contributed by atoms with van der Waals surface area (Å²) in [4.78, 5) is 12.9. The Labute approximate surface area is 156 Å². The van der Waals surface area contributed by atoms with Gasteiger partial charge in [-0.3, -0.25) is 14.2 Å². The number of aromatic amines is 1. The molecule has 136 valence electrons. The minimum Gasteiger partial charge on any atom is -0.497 e. The zero-order valence-corrected chi connectivity index (χ0v) is 15.2. The molecule has 0 saturated carbocycles. The van der Waals surface area contributed by atoms with Gasteiger partial charge in [0, 0.05) is 24.2 Å². The maximum absolute atomic E-state index is 12.9. The second-order valence-corrected chi connectivity index (χ2v) is 6.34. The molecule has 1 N–H and O–H groups in total. The van der Waals surface area contributed by atoms with Gasteiger partial charge in [-0.25, -0.2) is 4.79 Å². The summed E-state index contributed by atoms with van der Waals surface area (Å²) in [6, 6.07) is 15.5. The highest BCUT2D eigenvalue weighted by Gasteiger charge is 2.14. The summed E-state index contributed by atoms with van der Waals surface area (Å²) < 4.78 is 8.66. The van der Waals surface area contributed by atoms with Crippen LogP contribution in [0, 0.1) is 0 Å². The average Bonchev–Trinajstić information content (AvgIpc) is 3.38. The summed E-state index contributed by atoms with van der Waals surface area (Å²) >= 11 is 0. The van der Waals surface area contributed by atoms with Crippen molar-refractivity contribution in [3.63, 3.8) is 0 Å². The first kappa shape index (κ1) is 16.9. The van der Waals surface area contributed by atoms with E-state index in [0.717, 1.165) is 28.1 Å². The molecular weight excluding hydrogens is 340 g/mol. The van der Waals surface area contributed by atoms with Crippen LogP contribution >= 0.6 is 0 Å². The van der Waals surface area contributed by atoms with Gasteiger partial charge in [0.1, 0.15) is 5.75 Å². The number of rotatable bonds is 5. The summed E-state index contributed by atoms with van der Waals surface area (Å²) in [6.45, 7) is 2.00. The lowest BCUT2D eigenvalue weighted by atomic mass is 10.1. The molecule has 4 rings (SSSR count). The van der Waals surface area contributed by atoms with Gasteiger partial charge in [-0.1, -0.05) is 24.3 Å². The molecule has 27 heavy (non-hydrogen) atoms. The summed E-state index contributed by atoms with van der Waals surface area (Å²) in [5.41, 5.74) is 3.82. The minimum atomic E-state index is -0.0981. The first-order valence-electron chi connectivity index (χ1n) is 8.70. The Morgan fingerprint density at radius 3 is 2.59 bits per heavy atom. The topological polar surface area (TPSA) is 64.8 Å². The van der Waals surface area contributed by atoms with Gasteiger partial charge in [-0.05, 0) is 42.3 Å². The Morgan fingerprint density at radius 2 is 1.89 bits per heavy atom. The minimum absolute atomic E-state index is 0.0821. The van der Waals surface area contributed by atoms with E-state index in [4.69, 9.17) is 4.74 Å². The van der Waals surface area contributed by atoms with E-state index in [1.54, 1.807) is 28.6 Å². The van der Waals surface area contributed by atoms with E-state index in [-0.39, 0.29) is 11.7 Å². The predicted molar refractivity (Wildman–Crippen MR) is 104 cm³/mol. The highest BCUT2D eigenvalue weighted by molar-refractivity contribution is 5.62. The number of ether oxygens (including phenoxy) is 1. The summed E-state index contributed by atoms with van der Waals surface area (Å²) in [5.74, 6) is 0.779. The van der Waals surface area contributed by atoms with E-state index < -0.39 is 0 Å². The second-order valence-electron chi connectivity index (χ2n) is 6.34. The van der Waals surface area contributed by atoms with Crippen molar-refractivity contribution in [3.8, 4) is 22.6 Å². The molecule has 0 radical (unpaired) electrons. The molecule has 0 bridgehead atoms. The lowest BCUT2D eigenvalue weighted by molar-refractivity contribution is 0.413. The number of nitrogens with one attached hydrogen (secondary N) is 1.